The summed E-state index contributed by atoms with van der Waals surface area (Å²) >= 11 is 6.88. The first-order chi connectivity index (χ1) is 8.22. The molecular formula is C10H11ClN4OS. The van der Waals surface area contributed by atoms with E-state index in [4.69, 9.17) is 16.9 Å². The topological polar surface area (TPSA) is 77.8 Å². The molecule has 1 saturated carbocycles. The van der Waals surface area contributed by atoms with Gasteiger partial charge in [-0.2, -0.15) is 9.64 Å². The van der Waals surface area contributed by atoms with E-state index >= 15 is 0 Å². The van der Waals surface area contributed by atoms with E-state index in [0.29, 0.717) is 23.7 Å². The first-order valence-electron chi connectivity index (χ1n) is 5.29. The highest BCUT2D eigenvalue weighted by Gasteiger charge is 2.28. The fourth-order valence-electron chi connectivity index (χ4n) is 1.34. The molecule has 0 aliphatic heterocycles. The van der Waals surface area contributed by atoms with Crippen LogP contribution in [0.1, 0.15) is 18.4 Å². The lowest BCUT2D eigenvalue weighted by Gasteiger charge is -2.05. The second-order valence-corrected chi connectivity index (χ2v) is 4.91. The van der Waals surface area contributed by atoms with Crippen LogP contribution in [-0.2, 0) is 4.79 Å². The molecule has 1 aromatic rings. The summed E-state index contributed by atoms with van der Waals surface area (Å²) in [7, 11) is 0. The minimum atomic E-state index is 0.120. The van der Waals surface area contributed by atoms with Crippen LogP contribution in [0, 0.1) is 17.2 Å². The van der Waals surface area contributed by atoms with E-state index in [9.17, 15) is 4.79 Å². The van der Waals surface area contributed by atoms with Gasteiger partial charge in [0.2, 0.25) is 5.91 Å². The van der Waals surface area contributed by atoms with Crippen molar-refractivity contribution in [3.8, 4) is 6.07 Å². The second-order valence-electron chi connectivity index (χ2n) is 3.78. The highest BCUT2D eigenvalue weighted by atomic mass is 35.5. The summed E-state index contributed by atoms with van der Waals surface area (Å²) in [4.78, 5) is 11.3. The van der Waals surface area contributed by atoms with E-state index in [0.717, 1.165) is 24.4 Å². The summed E-state index contributed by atoms with van der Waals surface area (Å²) in [5.41, 5.74) is 0.366. The Kier molecular flexibility index (Phi) is 3.82. The van der Waals surface area contributed by atoms with Crippen molar-refractivity contribution < 1.29 is 4.79 Å². The average molecular weight is 271 g/mol. The number of nitrogens with one attached hydrogen (secondary N) is 2. The monoisotopic (exact) mass is 270 g/mol. The zero-order valence-electron chi connectivity index (χ0n) is 8.99. The number of nitrogens with zero attached hydrogens (tertiary/aromatic N) is 2. The van der Waals surface area contributed by atoms with Gasteiger partial charge in [-0.3, -0.25) is 4.79 Å². The third-order valence-electron chi connectivity index (χ3n) is 2.42. The molecule has 0 saturated heterocycles. The lowest BCUT2D eigenvalue weighted by Crippen LogP contribution is -2.29. The van der Waals surface area contributed by atoms with Gasteiger partial charge in [-0.15, -0.1) is 0 Å². The molecule has 1 aromatic heterocycles. The fraction of sp³-hybridized carbons (Fsp3) is 0.500. The van der Waals surface area contributed by atoms with Crippen molar-refractivity contribution in [1.29, 1.82) is 5.26 Å². The van der Waals surface area contributed by atoms with Crippen LogP contribution in [0.4, 0.5) is 5.00 Å². The van der Waals surface area contributed by atoms with Crippen molar-refractivity contribution in [3.05, 3.63) is 10.7 Å². The lowest BCUT2D eigenvalue weighted by molar-refractivity contribution is -0.122. The summed E-state index contributed by atoms with van der Waals surface area (Å²) in [5.74, 6) is 0.345. The van der Waals surface area contributed by atoms with Crippen LogP contribution in [0.25, 0.3) is 0 Å². The molecule has 0 unspecified atom stereocenters. The molecule has 5 nitrogen and oxygen atoms in total. The number of amides is 1. The Bertz CT molecular complexity index is 463. The fourth-order valence-corrected chi connectivity index (χ4v) is 2.30. The molecule has 2 rings (SSSR count). The summed E-state index contributed by atoms with van der Waals surface area (Å²) in [6.07, 6.45) is 2.00. The van der Waals surface area contributed by atoms with Gasteiger partial charge in [0.05, 0.1) is 0 Å². The van der Waals surface area contributed by atoms with Gasteiger partial charge in [0.1, 0.15) is 16.6 Å². The average Bonchev–Trinajstić information content (AvgIpc) is 3.10. The van der Waals surface area contributed by atoms with Crippen molar-refractivity contribution in [1.82, 2.24) is 9.69 Å². The molecule has 1 aliphatic rings. The molecule has 1 heterocycles. The van der Waals surface area contributed by atoms with E-state index in [-0.39, 0.29) is 17.0 Å². The van der Waals surface area contributed by atoms with Crippen LogP contribution in [0.3, 0.4) is 0 Å². The van der Waals surface area contributed by atoms with Crippen LogP contribution >= 0.6 is 23.1 Å². The molecule has 90 valence electrons. The minimum absolute atomic E-state index is 0.120. The number of halogens is 1. The molecule has 1 amide bonds. The molecule has 0 spiro atoms. The predicted molar refractivity (Wildman–Crippen MR) is 66.1 cm³/mol. The third kappa shape index (κ3) is 3.08. The molecule has 2 N–H and O–H groups in total. The number of aromatic nitrogens is 1. The summed E-state index contributed by atoms with van der Waals surface area (Å²) in [5, 5.41) is 15.6. The number of rotatable bonds is 5. The van der Waals surface area contributed by atoms with Crippen LogP contribution in [0.15, 0.2) is 0 Å². The minimum Gasteiger partial charge on any atom is -0.373 e. The summed E-state index contributed by atoms with van der Waals surface area (Å²) in [6, 6.07) is 1.99. The van der Waals surface area contributed by atoms with Crippen molar-refractivity contribution in [3.63, 3.8) is 0 Å². The maximum Gasteiger partial charge on any atom is 0.223 e. The van der Waals surface area contributed by atoms with Gasteiger partial charge < -0.3 is 10.6 Å². The Morgan fingerprint density at radius 3 is 3.00 bits per heavy atom. The Morgan fingerprint density at radius 2 is 2.35 bits per heavy atom. The first-order valence-corrected chi connectivity index (χ1v) is 6.44. The molecule has 0 atom stereocenters. The van der Waals surface area contributed by atoms with Crippen LogP contribution < -0.4 is 10.6 Å². The molecule has 17 heavy (non-hydrogen) atoms. The molecule has 0 aromatic carbocycles. The normalized spacial score (nSPS) is 14.1. The van der Waals surface area contributed by atoms with E-state index in [1.165, 1.54) is 0 Å². The van der Waals surface area contributed by atoms with E-state index < -0.39 is 0 Å². The molecule has 1 fully saturated rings. The van der Waals surface area contributed by atoms with Gasteiger partial charge in [0, 0.05) is 19.0 Å². The summed E-state index contributed by atoms with van der Waals surface area (Å²) in [6.45, 7) is 1.10. The van der Waals surface area contributed by atoms with Crippen molar-refractivity contribution >= 4 is 34.0 Å². The Balaban J connectivity index is 1.74. The van der Waals surface area contributed by atoms with Gasteiger partial charge in [-0.1, -0.05) is 11.6 Å². The molecule has 7 heteroatoms. The van der Waals surface area contributed by atoms with Gasteiger partial charge in [0.25, 0.3) is 0 Å². The van der Waals surface area contributed by atoms with E-state index in [2.05, 4.69) is 15.0 Å². The van der Waals surface area contributed by atoms with Crippen molar-refractivity contribution in [2.75, 3.05) is 18.4 Å². The van der Waals surface area contributed by atoms with Gasteiger partial charge in [-0.05, 0) is 24.4 Å². The van der Waals surface area contributed by atoms with Crippen LogP contribution in [0.2, 0.25) is 5.15 Å². The molecule has 0 bridgehead atoms. The predicted octanol–water partition coefficient (Wildman–Crippen LogP) is 1.61. The number of carbonyl (C=O) groups excluding carboxylic acids is 1. The summed E-state index contributed by atoms with van der Waals surface area (Å²) < 4.78 is 3.87. The number of nitriles is 1. The standard InChI is InChI=1S/C10H11ClN4OS/c11-8-7(5-12)10(17-15-8)14-4-3-13-9(16)6-1-2-6/h6,14H,1-4H2,(H,13,16). The second kappa shape index (κ2) is 5.34. The highest BCUT2D eigenvalue weighted by molar-refractivity contribution is 7.10. The lowest BCUT2D eigenvalue weighted by atomic mass is 10.3. The van der Waals surface area contributed by atoms with Crippen molar-refractivity contribution in [2.24, 2.45) is 5.92 Å². The van der Waals surface area contributed by atoms with Crippen molar-refractivity contribution in [2.45, 2.75) is 12.8 Å². The van der Waals surface area contributed by atoms with Crippen LogP contribution in [0.5, 0.6) is 0 Å². The first kappa shape index (κ1) is 12.1. The number of hydrogen-bond donors (Lipinski definition) is 2. The smallest absolute Gasteiger partial charge is 0.223 e. The Hall–Kier alpha value is -1.32. The maximum absolute atomic E-state index is 11.3. The number of hydrogen-bond acceptors (Lipinski definition) is 5. The maximum atomic E-state index is 11.3. The van der Waals surface area contributed by atoms with Crippen LogP contribution in [-0.4, -0.2) is 23.4 Å². The molecule has 1 aliphatic carbocycles. The largest absolute Gasteiger partial charge is 0.373 e. The number of anilines is 1. The molecule has 0 radical (unpaired) electrons. The highest BCUT2D eigenvalue weighted by Crippen LogP contribution is 2.29. The zero-order chi connectivity index (χ0) is 12.3. The Labute approximate surface area is 108 Å². The van der Waals surface area contributed by atoms with Gasteiger partial charge in [0.15, 0.2) is 5.15 Å². The SMILES string of the molecule is N#Cc1c(Cl)nsc1NCCNC(=O)C1CC1. The van der Waals surface area contributed by atoms with Gasteiger partial charge in [-0.25, -0.2) is 0 Å². The zero-order valence-corrected chi connectivity index (χ0v) is 10.6. The number of carbonyl (C=O) groups is 1. The quantitative estimate of drug-likeness (QED) is 0.797. The van der Waals surface area contributed by atoms with Gasteiger partial charge >= 0.3 is 0 Å². The van der Waals surface area contributed by atoms with E-state index in [1.54, 1.807) is 0 Å². The van der Waals surface area contributed by atoms with E-state index in [1.807, 2.05) is 6.07 Å². The Morgan fingerprint density at radius 1 is 1.59 bits per heavy atom. The molecular weight excluding hydrogens is 260 g/mol. The third-order valence-corrected chi connectivity index (χ3v) is 3.60.